The Bertz CT molecular complexity index is 1310. The number of nitrogens with one attached hydrogen (secondary N) is 1. The van der Waals surface area contributed by atoms with Gasteiger partial charge in [0.2, 0.25) is 0 Å². The first kappa shape index (κ1) is 8.44. The van der Waals surface area contributed by atoms with Gasteiger partial charge in [0.1, 0.15) is 16.1 Å². The van der Waals surface area contributed by atoms with Gasteiger partial charge in [0.25, 0.3) is 11.5 Å². The molecule has 0 bridgehead atoms. The van der Waals surface area contributed by atoms with Crippen molar-refractivity contribution < 1.29 is 27.7 Å². The number of hydrogen-bond acceptors (Lipinski definition) is 5. The van der Waals surface area contributed by atoms with Gasteiger partial charge in [0.15, 0.2) is 0 Å². The number of fused-ring (bicyclic) bond motifs is 1. The van der Waals surface area contributed by atoms with Gasteiger partial charge in [-0.15, -0.1) is 11.3 Å². The molecule has 1 fully saturated rings. The second-order valence-corrected chi connectivity index (χ2v) is 6.47. The number of piperidine rings is 1. The van der Waals surface area contributed by atoms with Gasteiger partial charge < -0.3 is 15.3 Å². The summed E-state index contributed by atoms with van der Waals surface area (Å²) in [5.41, 5.74) is -1.79. The third-order valence-corrected chi connectivity index (χ3v) is 4.67. The van der Waals surface area contributed by atoms with Crippen LogP contribution in [0.4, 0.5) is 0 Å². The number of carbonyl (C=O) groups excluding carboxylic acids is 1. The normalized spacial score (nSPS) is 34.3. The number of aromatic nitrogens is 1. The van der Waals surface area contributed by atoms with Crippen molar-refractivity contribution in [2.45, 2.75) is 45.4 Å². The molecule has 2 aromatic heterocycles. The van der Waals surface area contributed by atoms with Crippen molar-refractivity contribution in [2.75, 3.05) is 26.1 Å². The molecule has 3 rings (SSSR count). The van der Waals surface area contributed by atoms with E-state index in [9.17, 15) is 14.7 Å². The second-order valence-electron chi connectivity index (χ2n) is 5.57. The molecule has 1 unspecified atom stereocenters. The summed E-state index contributed by atoms with van der Waals surface area (Å²) in [6.07, 6.45) is -10.8. The molecule has 0 aliphatic carbocycles. The van der Waals surface area contributed by atoms with Gasteiger partial charge in [-0.1, -0.05) is 6.37 Å². The predicted octanol–water partition coefficient (Wildman–Crippen LogP) is 2.96. The molecule has 6 nitrogen and oxygen atoms in total. The Morgan fingerprint density at radius 1 is 1.46 bits per heavy atom. The van der Waals surface area contributed by atoms with Crippen LogP contribution in [-0.4, -0.2) is 46.6 Å². The maximum absolute atomic E-state index is 13.2. The molecule has 2 aromatic rings. The van der Waals surface area contributed by atoms with Gasteiger partial charge >= 0.3 is 0 Å². The fraction of sp³-hybridized carbons (Fsp3) is 0.579. The Labute approximate surface area is 175 Å². The van der Waals surface area contributed by atoms with E-state index in [2.05, 4.69) is 5.32 Å². The maximum Gasteiger partial charge on any atom is 0.268 e. The van der Waals surface area contributed by atoms with Crippen LogP contribution in [-0.2, 0) is 0 Å². The van der Waals surface area contributed by atoms with Gasteiger partial charge in [0.05, 0.1) is 5.39 Å². The molecule has 7 heteroatoms. The monoisotopic (exact) mass is 390 g/mol. The molecular formula is C19H27N3O3S. The van der Waals surface area contributed by atoms with E-state index in [1.54, 1.807) is 0 Å². The van der Waals surface area contributed by atoms with Crippen LogP contribution in [0.1, 0.15) is 73.5 Å². The lowest BCUT2D eigenvalue weighted by Crippen LogP contribution is -2.36. The molecule has 1 aliphatic heterocycles. The molecule has 2 N–H and O–H groups in total. The van der Waals surface area contributed by atoms with Crippen LogP contribution in [0.5, 0.6) is 5.75 Å². The molecule has 26 heavy (non-hydrogen) atoms. The van der Waals surface area contributed by atoms with Crippen molar-refractivity contribution in [3.63, 3.8) is 0 Å². The summed E-state index contributed by atoms with van der Waals surface area (Å²) in [5.74, 6) is -1.76. The Kier molecular flexibility index (Phi) is 2.67. The van der Waals surface area contributed by atoms with Gasteiger partial charge in [0, 0.05) is 30.4 Å². The van der Waals surface area contributed by atoms with E-state index in [1.807, 2.05) is 0 Å². The van der Waals surface area contributed by atoms with Gasteiger partial charge in [-0.05, 0) is 63.9 Å². The Morgan fingerprint density at radius 3 is 2.96 bits per heavy atom. The number of rotatable bonds is 6. The summed E-state index contributed by atoms with van der Waals surface area (Å²) in [6.45, 7) is -8.95. The lowest BCUT2D eigenvalue weighted by molar-refractivity contribution is 0.0946. The van der Waals surface area contributed by atoms with Crippen LogP contribution < -0.4 is 10.9 Å². The van der Waals surface area contributed by atoms with Crippen LogP contribution in [0.2, 0.25) is 0 Å². The summed E-state index contributed by atoms with van der Waals surface area (Å²) >= 11 is 1.00. The summed E-state index contributed by atoms with van der Waals surface area (Å²) in [4.78, 5) is 26.5. The second kappa shape index (κ2) is 8.22. The van der Waals surface area contributed by atoms with E-state index in [4.69, 9.17) is 17.8 Å². The number of carbonyl (C=O) groups is 1. The first-order valence-corrected chi connectivity index (χ1v) is 8.76. The largest absolute Gasteiger partial charge is 0.506 e. The van der Waals surface area contributed by atoms with Gasteiger partial charge in [-0.2, -0.15) is 0 Å². The van der Waals surface area contributed by atoms with Crippen molar-refractivity contribution in [3.05, 3.63) is 27.4 Å². The molecule has 1 aliphatic rings. The summed E-state index contributed by atoms with van der Waals surface area (Å²) in [5, 5.41) is 14.5. The molecular weight excluding hydrogens is 350 g/mol. The van der Waals surface area contributed by atoms with Crippen molar-refractivity contribution >= 4 is 27.5 Å². The minimum Gasteiger partial charge on any atom is -0.506 e. The third-order valence-electron chi connectivity index (χ3n) is 3.75. The van der Waals surface area contributed by atoms with Gasteiger partial charge in [-0.25, -0.2) is 0 Å². The summed E-state index contributed by atoms with van der Waals surface area (Å²) in [6, 6.07) is 0.0723. The standard InChI is InChI=1S/C19H27N3O3S/c1-13(2)22-18(25)15(16(23)14-7-12-26-19(14)22)17(24)20-8-6-11-21-9-4-3-5-10-21/h7,12-13,23H,3-6,8-11H2,1-2H3,(H,20,24)/i1D3,3D2,4D2,5D2,9D2,10D2. The first-order valence-electron chi connectivity index (χ1n) is 14.4. The molecule has 3 heterocycles. The highest BCUT2D eigenvalue weighted by molar-refractivity contribution is 7.16. The van der Waals surface area contributed by atoms with E-state index >= 15 is 0 Å². The molecule has 142 valence electrons. The predicted molar refractivity (Wildman–Crippen MR) is 105 cm³/mol. The molecule has 0 spiro atoms. The SMILES string of the molecule is [2H]C([2H])([2H])C(C)n1c(=O)c(C(=O)NCCCN2C([2H])([2H])C([2H])([2H])C([2H])([2H])C([2H])([2H])C2([2H])[2H])c(O)c2ccsc21. The van der Waals surface area contributed by atoms with Crippen LogP contribution in [0, 0.1) is 0 Å². The number of nitrogens with zero attached hydrogens (tertiary/aromatic N) is 2. The fourth-order valence-corrected chi connectivity index (χ4v) is 3.54. The van der Waals surface area contributed by atoms with Crippen LogP contribution in [0.25, 0.3) is 10.2 Å². The van der Waals surface area contributed by atoms with E-state index in [1.165, 1.54) is 18.4 Å². The summed E-state index contributed by atoms with van der Waals surface area (Å²) in [7, 11) is 0. The minimum absolute atomic E-state index is 0.0780. The zero-order valence-electron chi connectivity index (χ0n) is 26.9. The number of thiophene rings is 1. The molecule has 1 amide bonds. The fourth-order valence-electron chi connectivity index (χ4n) is 2.56. The molecule has 0 saturated carbocycles. The average molecular weight is 391 g/mol. The smallest absolute Gasteiger partial charge is 0.268 e. The quantitative estimate of drug-likeness (QED) is 0.744. The zero-order valence-corrected chi connectivity index (χ0v) is 14.7. The third kappa shape index (κ3) is 3.78. The van der Waals surface area contributed by atoms with Crippen LogP contribution >= 0.6 is 11.3 Å². The number of pyridine rings is 1. The number of amides is 1. The maximum atomic E-state index is 13.2. The number of hydrogen-bond donors (Lipinski definition) is 2. The van der Waals surface area contributed by atoms with E-state index < -0.39 is 74.3 Å². The molecule has 1 atom stereocenters. The molecule has 0 aromatic carbocycles. The van der Waals surface area contributed by atoms with Crippen LogP contribution in [0.3, 0.4) is 0 Å². The summed E-state index contributed by atoms with van der Waals surface area (Å²) < 4.78 is 104. The van der Waals surface area contributed by atoms with Gasteiger partial charge in [-0.3, -0.25) is 14.2 Å². The minimum atomic E-state index is -3.54. The highest BCUT2D eigenvalue weighted by Crippen LogP contribution is 2.31. The average Bonchev–Trinajstić information content (AvgIpc) is 3.26. The van der Waals surface area contributed by atoms with E-state index in [-0.39, 0.29) is 28.1 Å². The van der Waals surface area contributed by atoms with E-state index in [0.717, 1.165) is 15.9 Å². The first-order chi connectivity index (χ1) is 17.5. The Morgan fingerprint density at radius 2 is 2.23 bits per heavy atom. The molecule has 0 radical (unpaired) electrons. The van der Waals surface area contributed by atoms with Crippen molar-refractivity contribution in [1.82, 2.24) is 14.8 Å². The topological polar surface area (TPSA) is 74.6 Å². The Balaban J connectivity index is 1.86. The lowest BCUT2D eigenvalue weighted by atomic mass is 10.1. The van der Waals surface area contributed by atoms with Crippen LogP contribution in [0.15, 0.2) is 16.2 Å². The highest BCUT2D eigenvalue weighted by Gasteiger charge is 2.23. The molecule has 1 saturated heterocycles. The lowest BCUT2D eigenvalue weighted by Gasteiger charge is -2.26. The van der Waals surface area contributed by atoms with Crippen molar-refractivity contribution in [1.29, 1.82) is 0 Å². The highest BCUT2D eigenvalue weighted by atomic mass is 32.1. The van der Waals surface area contributed by atoms with E-state index in [0.29, 0.717) is 0 Å². The number of aromatic hydroxyl groups is 1. The zero-order chi connectivity index (χ0) is 30.1. The van der Waals surface area contributed by atoms with Crippen molar-refractivity contribution in [3.8, 4) is 5.75 Å². The Hall–Kier alpha value is -1.86. The number of likely N-dealkylation sites (tertiary alicyclic amines) is 1. The van der Waals surface area contributed by atoms with Crippen molar-refractivity contribution in [2.24, 2.45) is 0 Å².